The van der Waals surface area contributed by atoms with Crippen LogP contribution in [0.3, 0.4) is 0 Å². The van der Waals surface area contributed by atoms with Crippen molar-refractivity contribution in [2.24, 2.45) is 0 Å². The maximum absolute atomic E-state index is 12.2. The van der Waals surface area contributed by atoms with Gasteiger partial charge in [-0.1, -0.05) is 30.3 Å². The summed E-state index contributed by atoms with van der Waals surface area (Å²) in [6.07, 6.45) is 1.63. The number of esters is 1. The molecule has 0 N–H and O–H groups in total. The zero-order chi connectivity index (χ0) is 14.7. The second kappa shape index (κ2) is 5.97. The fraction of sp³-hybridized carbons (Fsp3) is 0.118. The first-order valence-corrected chi connectivity index (χ1v) is 7.51. The number of furan rings is 1. The average Bonchev–Trinajstić information content (AvgIpc) is 3.17. The molecule has 3 nitrogen and oxygen atoms in total. The van der Waals surface area contributed by atoms with E-state index in [0.29, 0.717) is 11.5 Å². The van der Waals surface area contributed by atoms with Gasteiger partial charge in [0.1, 0.15) is 10.6 Å². The first kappa shape index (κ1) is 13.6. The van der Waals surface area contributed by atoms with E-state index in [0.717, 1.165) is 21.8 Å². The summed E-state index contributed by atoms with van der Waals surface area (Å²) in [5.41, 5.74) is 1.88. The van der Waals surface area contributed by atoms with Gasteiger partial charge >= 0.3 is 5.97 Å². The highest BCUT2D eigenvalue weighted by molar-refractivity contribution is 7.17. The molecule has 0 fully saturated rings. The molecule has 1 aromatic carbocycles. The van der Waals surface area contributed by atoms with Crippen LogP contribution < -0.4 is 0 Å². The zero-order valence-corrected chi connectivity index (χ0v) is 12.4. The Hall–Kier alpha value is -2.33. The average molecular weight is 298 g/mol. The second-order valence-corrected chi connectivity index (χ2v) is 5.47. The molecule has 0 unspecified atom stereocenters. The minimum atomic E-state index is -0.292. The minimum absolute atomic E-state index is 0.292. The van der Waals surface area contributed by atoms with Gasteiger partial charge in [0.05, 0.1) is 17.7 Å². The van der Waals surface area contributed by atoms with Gasteiger partial charge in [0, 0.05) is 5.56 Å². The van der Waals surface area contributed by atoms with Crippen molar-refractivity contribution in [3.63, 3.8) is 0 Å². The van der Waals surface area contributed by atoms with Crippen LogP contribution in [0.25, 0.3) is 21.8 Å². The Morgan fingerprint density at radius 3 is 2.67 bits per heavy atom. The summed E-state index contributed by atoms with van der Waals surface area (Å²) in [6.45, 7) is 2.17. The number of benzene rings is 1. The van der Waals surface area contributed by atoms with Gasteiger partial charge in [-0.15, -0.1) is 11.3 Å². The number of ether oxygens (including phenoxy) is 1. The number of carbonyl (C=O) groups is 1. The van der Waals surface area contributed by atoms with Gasteiger partial charge in [0.25, 0.3) is 0 Å². The molecule has 2 heterocycles. The van der Waals surface area contributed by atoms with E-state index in [4.69, 9.17) is 9.15 Å². The summed E-state index contributed by atoms with van der Waals surface area (Å²) in [7, 11) is 0. The molecule has 0 aliphatic carbocycles. The van der Waals surface area contributed by atoms with E-state index in [-0.39, 0.29) is 5.97 Å². The normalized spacial score (nSPS) is 10.5. The largest absolute Gasteiger partial charge is 0.464 e. The van der Waals surface area contributed by atoms with Crippen molar-refractivity contribution in [3.05, 3.63) is 59.7 Å². The molecule has 0 saturated carbocycles. The molecule has 2 aromatic heterocycles. The van der Waals surface area contributed by atoms with Gasteiger partial charge < -0.3 is 9.15 Å². The van der Waals surface area contributed by atoms with Crippen LogP contribution >= 0.6 is 11.3 Å². The fourth-order valence-corrected chi connectivity index (χ4v) is 3.15. The number of hydrogen-bond donors (Lipinski definition) is 0. The zero-order valence-electron chi connectivity index (χ0n) is 11.5. The minimum Gasteiger partial charge on any atom is -0.464 e. The van der Waals surface area contributed by atoms with Crippen LogP contribution in [0, 0.1) is 0 Å². The molecule has 3 aromatic rings. The highest BCUT2D eigenvalue weighted by atomic mass is 32.1. The lowest BCUT2D eigenvalue weighted by molar-refractivity contribution is 0.0533. The molecule has 0 radical (unpaired) electrons. The lowest BCUT2D eigenvalue weighted by Gasteiger charge is -2.03. The smallest absolute Gasteiger partial charge is 0.348 e. The molecule has 0 bridgehead atoms. The van der Waals surface area contributed by atoms with Crippen LogP contribution in [0.4, 0.5) is 0 Å². The first-order chi connectivity index (χ1) is 10.3. The predicted octanol–water partition coefficient (Wildman–Crippen LogP) is 4.85. The summed E-state index contributed by atoms with van der Waals surface area (Å²) in [4.78, 5) is 13.7. The molecule has 3 rings (SSSR count). The molecule has 0 amide bonds. The number of rotatable bonds is 4. The summed E-state index contributed by atoms with van der Waals surface area (Å²) in [5, 5.41) is 0. The van der Waals surface area contributed by atoms with E-state index in [2.05, 4.69) is 0 Å². The molecule has 0 aliphatic heterocycles. The SMILES string of the molecule is CCOC(=O)c1sc(-c2ccco2)cc1-c1ccccc1. The van der Waals surface area contributed by atoms with Crippen LogP contribution in [-0.2, 0) is 4.74 Å². The van der Waals surface area contributed by atoms with Crippen LogP contribution in [0.2, 0.25) is 0 Å². The third-order valence-corrected chi connectivity index (χ3v) is 4.17. The molecule has 0 saturated heterocycles. The Bertz CT molecular complexity index is 727. The predicted molar refractivity (Wildman–Crippen MR) is 83.4 cm³/mol. The topological polar surface area (TPSA) is 39.4 Å². The van der Waals surface area contributed by atoms with Crippen molar-refractivity contribution in [2.75, 3.05) is 6.61 Å². The van der Waals surface area contributed by atoms with Crippen molar-refractivity contribution in [3.8, 4) is 21.8 Å². The second-order valence-electron chi connectivity index (χ2n) is 4.42. The van der Waals surface area contributed by atoms with Crippen molar-refractivity contribution in [1.82, 2.24) is 0 Å². The summed E-state index contributed by atoms with van der Waals surface area (Å²) >= 11 is 1.39. The van der Waals surface area contributed by atoms with Crippen LogP contribution in [-0.4, -0.2) is 12.6 Å². The lowest BCUT2D eigenvalue weighted by Crippen LogP contribution is -2.03. The van der Waals surface area contributed by atoms with Crippen LogP contribution in [0.15, 0.2) is 59.2 Å². The van der Waals surface area contributed by atoms with Crippen molar-refractivity contribution in [2.45, 2.75) is 6.92 Å². The van der Waals surface area contributed by atoms with E-state index in [9.17, 15) is 4.79 Å². The van der Waals surface area contributed by atoms with Crippen molar-refractivity contribution in [1.29, 1.82) is 0 Å². The standard InChI is InChI=1S/C17H14O3S/c1-2-19-17(18)16-13(12-7-4-3-5-8-12)11-15(21-16)14-9-6-10-20-14/h3-11H,2H2,1H3. The summed E-state index contributed by atoms with van der Waals surface area (Å²) in [5.74, 6) is 0.465. The van der Waals surface area contributed by atoms with Gasteiger partial charge in [0.2, 0.25) is 0 Å². The van der Waals surface area contributed by atoms with E-state index in [1.807, 2.05) is 48.5 Å². The molecular weight excluding hydrogens is 284 g/mol. The van der Waals surface area contributed by atoms with Crippen LogP contribution in [0.1, 0.15) is 16.6 Å². The molecule has 0 aliphatic rings. The monoisotopic (exact) mass is 298 g/mol. The molecule has 21 heavy (non-hydrogen) atoms. The lowest BCUT2D eigenvalue weighted by atomic mass is 10.1. The fourth-order valence-electron chi connectivity index (χ4n) is 2.11. The quantitative estimate of drug-likeness (QED) is 0.646. The Morgan fingerprint density at radius 1 is 1.19 bits per heavy atom. The van der Waals surface area contributed by atoms with Gasteiger partial charge in [-0.25, -0.2) is 4.79 Å². The summed E-state index contributed by atoms with van der Waals surface area (Å²) in [6, 6.07) is 15.5. The Labute approximate surface area is 126 Å². The van der Waals surface area contributed by atoms with Crippen LogP contribution in [0.5, 0.6) is 0 Å². The van der Waals surface area contributed by atoms with Gasteiger partial charge in [-0.05, 0) is 30.7 Å². The molecule has 0 spiro atoms. The molecular formula is C17H14O3S. The number of thiophene rings is 1. The number of hydrogen-bond acceptors (Lipinski definition) is 4. The molecule has 4 heteroatoms. The maximum Gasteiger partial charge on any atom is 0.348 e. The Balaban J connectivity index is 2.10. The highest BCUT2D eigenvalue weighted by Crippen LogP contribution is 2.37. The van der Waals surface area contributed by atoms with E-state index in [1.54, 1.807) is 13.2 Å². The first-order valence-electron chi connectivity index (χ1n) is 6.70. The molecule has 106 valence electrons. The van der Waals surface area contributed by atoms with Gasteiger partial charge in [0.15, 0.2) is 0 Å². The van der Waals surface area contributed by atoms with Crippen molar-refractivity contribution >= 4 is 17.3 Å². The van der Waals surface area contributed by atoms with E-state index < -0.39 is 0 Å². The maximum atomic E-state index is 12.2. The Kier molecular flexibility index (Phi) is 3.88. The van der Waals surface area contributed by atoms with Crippen molar-refractivity contribution < 1.29 is 13.9 Å². The van der Waals surface area contributed by atoms with Gasteiger partial charge in [-0.3, -0.25) is 0 Å². The summed E-state index contributed by atoms with van der Waals surface area (Å²) < 4.78 is 10.6. The highest BCUT2D eigenvalue weighted by Gasteiger charge is 2.20. The third kappa shape index (κ3) is 2.76. The number of carbonyl (C=O) groups excluding carboxylic acids is 1. The van der Waals surface area contributed by atoms with E-state index in [1.165, 1.54) is 11.3 Å². The molecule has 0 atom stereocenters. The van der Waals surface area contributed by atoms with Gasteiger partial charge in [-0.2, -0.15) is 0 Å². The Morgan fingerprint density at radius 2 is 2.00 bits per heavy atom. The third-order valence-electron chi connectivity index (χ3n) is 3.04. The van der Waals surface area contributed by atoms with E-state index >= 15 is 0 Å².